The van der Waals surface area contributed by atoms with E-state index in [1.54, 1.807) is 0 Å². The summed E-state index contributed by atoms with van der Waals surface area (Å²) in [5.41, 5.74) is 7.58. The monoisotopic (exact) mass is 287 g/mol. The molecule has 0 radical (unpaired) electrons. The van der Waals surface area contributed by atoms with E-state index < -0.39 is 12.7 Å². The lowest BCUT2D eigenvalue weighted by atomic mass is 10.1. The fourth-order valence-electron chi connectivity index (χ4n) is 2.59. The van der Waals surface area contributed by atoms with Gasteiger partial charge in [-0.1, -0.05) is 12.1 Å². The largest absolute Gasteiger partial charge is 0.401 e. The lowest BCUT2D eigenvalue weighted by molar-refractivity contribution is -0.149. The maximum atomic E-state index is 12.3. The number of piperazine rings is 1. The third-order valence-electron chi connectivity index (χ3n) is 3.75. The highest BCUT2D eigenvalue weighted by molar-refractivity contribution is 5.41. The van der Waals surface area contributed by atoms with Crippen molar-refractivity contribution < 1.29 is 13.2 Å². The van der Waals surface area contributed by atoms with Crippen LogP contribution in [0, 0.1) is 0 Å². The molecule has 0 spiro atoms. The van der Waals surface area contributed by atoms with Crippen molar-refractivity contribution in [1.82, 2.24) is 9.80 Å². The van der Waals surface area contributed by atoms with Crippen LogP contribution < -0.4 is 5.73 Å². The molecule has 2 rings (SSSR count). The minimum atomic E-state index is -4.11. The zero-order valence-electron chi connectivity index (χ0n) is 11.5. The average molecular weight is 287 g/mol. The summed E-state index contributed by atoms with van der Waals surface area (Å²) >= 11 is 0. The van der Waals surface area contributed by atoms with Crippen molar-refractivity contribution in [2.45, 2.75) is 19.1 Å². The van der Waals surface area contributed by atoms with Crippen LogP contribution in [0.1, 0.15) is 18.5 Å². The number of rotatable bonds is 3. The molecule has 1 unspecified atom stereocenters. The molecule has 1 heterocycles. The van der Waals surface area contributed by atoms with E-state index >= 15 is 0 Å². The second-order valence-electron chi connectivity index (χ2n) is 5.27. The summed E-state index contributed by atoms with van der Waals surface area (Å²) in [4.78, 5) is 3.66. The maximum absolute atomic E-state index is 12.3. The standard InChI is InChI=1S/C14H20F3N3/c1-11(12-3-2-4-13(18)9-12)20-7-5-19(6-8-20)10-14(15,16)17/h2-4,9,11H,5-8,10,18H2,1H3. The minimum absolute atomic E-state index is 0.173. The predicted molar refractivity (Wildman–Crippen MR) is 73.3 cm³/mol. The summed E-state index contributed by atoms with van der Waals surface area (Å²) in [6.45, 7) is 3.44. The number of halogens is 3. The Labute approximate surface area is 117 Å². The van der Waals surface area contributed by atoms with Crippen LogP contribution in [0.25, 0.3) is 0 Å². The molecule has 6 heteroatoms. The lowest BCUT2D eigenvalue weighted by Crippen LogP contribution is -2.49. The first-order valence-electron chi connectivity index (χ1n) is 6.74. The topological polar surface area (TPSA) is 32.5 Å². The first-order valence-corrected chi connectivity index (χ1v) is 6.74. The molecule has 3 nitrogen and oxygen atoms in total. The molecule has 1 aliphatic heterocycles. The molecule has 0 amide bonds. The van der Waals surface area contributed by atoms with Crippen molar-refractivity contribution in [2.75, 3.05) is 38.5 Å². The highest BCUT2D eigenvalue weighted by Gasteiger charge is 2.32. The second kappa shape index (κ2) is 6.01. The third-order valence-corrected chi connectivity index (χ3v) is 3.75. The van der Waals surface area contributed by atoms with Gasteiger partial charge in [-0.2, -0.15) is 13.2 Å². The van der Waals surface area contributed by atoms with Gasteiger partial charge in [0.2, 0.25) is 0 Å². The molecule has 20 heavy (non-hydrogen) atoms. The summed E-state index contributed by atoms with van der Waals surface area (Å²) in [5.74, 6) is 0. The zero-order valence-corrected chi connectivity index (χ0v) is 11.5. The van der Waals surface area contributed by atoms with Crippen LogP contribution in [-0.4, -0.2) is 48.7 Å². The minimum Gasteiger partial charge on any atom is -0.399 e. The molecule has 0 saturated carbocycles. The van der Waals surface area contributed by atoms with Gasteiger partial charge in [0, 0.05) is 37.9 Å². The van der Waals surface area contributed by atoms with Gasteiger partial charge in [0.15, 0.2) is 0 Å². The highest BCUT2D eigenvalue weighted by atomic mass is 19.4. The van der Waals surface area contributed by atoms with Gasteiger partial charge >= 0.3 is 6.18 Å². The molecule has 2 N–H and O–H groups in total. The number of nitrogen functional groups attached to an aromatic ring is 1. The Morgan fingerprint density at radius 3 is 2.40 bits per heavy atom. The van der Waals surface area contributed by atoms with Gasteiger partial charge < -0.3 is 5.73 Å². The van der Waals surface area contributed by atoms with Crippen molar-refractivity contribution in [3.63, 3.8) is 0 Å². The van der Waals surface area contributed by atoms with Crippen LogP contribution in [0.15, 0.2) is 24.3 Å². The Hall–Kier alpha value is -1.27. The number of alkyl halides is 3. The number of anilines is 1. The van der Waals surface area contributed by atoms with E-state index in [-0.39, 0.29) is 6.04 Å². The van der Waals surface area contributed by atoms with Crippen LogP contribution in [-0.2, 0) is 0 Å². The molecule has 1 aliphatic rings. The van der Waals surface area contributed by atoms with Gasteiger partial charge in [-0.15, -0.1) is 0 Å². The molecule has 1 fully saturated rings. The molecule has 0 bridgehead atoms. The number of hydrogen-bond acceptors (Lipinski definition) is 3. The molecule has 1 aromatic rings. The van der Waals surface area contributed by atoms with E-state index in [9.17, 15) is 13.2 Å². The van der Waals surface area contributed by atoms with E-state index in [0.717, 1.165) is 5.56 Å². The summed E-state index contributed by atoms with van der Waals surface area (Å²) in [5, 5.41) is 0. The van der Waals surface area contributed by atoms with Gasteiger partial charge in [-0.25, -0.2) is 0 Å². The Kier molecular flexibility index (Phi) is 4.55. The Morgan fingerprint density at radius 1 is 1.20 bits per heavy atom. The summed E-state index contributed by atoms with van der Waals surface area (Å²) in [6, 6.07) is 7.83. The first kappa shape index (κ1) is 15.1. The molecular weight excluding hydrogens is 267 g/mol. The summed E-state index contributed by atoms with van der Waals surface area (Å²) in [6.07, 6.45) is -4.11. The van der Waals surface area contributed by atoms with Crippen molar-refractivity contribution in [1.29, 1.82) is 0 Å². The van der Waals surface area contributed by atoms with Crippen LogP contribution >= 0.6 is 0 Å². The Bertz CT molecular complexity index is 440. The van der Waals surface area contributed by atoms with Gasteiger partial charge in [0.1, 0.15) is 0 Å². The molecule has 1 aromatic carbocycles. The second-order valence-corrected chi connectivity index (χ2v) is 5.27. The quantitative estimate of drug-likeness (QED) is 0.867. The molecule has 0 aromatic heterocycles. The fourth-order valence-corrected chi connectivity index (χ4v) is 2.59. The van der Waals surface area contributed by atoms with E-state index in [1.165, 1.54) is 4.90 Å². The van der Waals surface area contributed by atoms with Crippen LogP contribution in [0.2, 0.25) is 0 Å². The molecule has 1 saturated heterocycles. The SMILES string of the molecule is CC(c1cccc(N)c1)N1CCN(CC(F)(F)F)CC1. The number of benzene rings is 1. The van der Waals surface area contributed by atoms with E-state index in [0.29, 0.717) is 31.9 Å². The average Bonchev–Trinajstić information content (AvgIpc) is 2.37. The van der Waals surface area contributed by atoms with Crippen molar-refractivity contribution >= 4 is 5.69 Å². The molecule has 112 valence electrons. The summed E-state index contributed by atoms with van der Waals surface area (Å²) < 4.78 is 37.0. The summed E-state index contributed by atoms with van der Waals surface area (Å²) in [7, 11) is 0. The lowest BCUT2D eigenvalue weighted by Gasteiger charge is -2.38. The number of hydrogen-bond donors (Lipinski definition) is 1. The highest BCUT2D eigenvalue weighted by Crippen LogP contribution is 2.24. The van der Waals surface area contributed by atoms with E-state index in [4.69, 9.17) is 5.73 Å². The van der Waals surface area contributed by atoms with Gasteiger partial charge in [0.25, 0.3) is 0 Å². The molecular formula is C14H20F3N3. The predicted octanol–water partition coefficient (Wildman–Crippen LogP) is 2.51. The smallest absolute Gasteiger partial charge is 0.399 e. The normalized spacial score (nSPS) is 20.0. The van der Waals surface area contributed by atoms with Crippen LogP contribution in [0.4, 0.5) is 18.9 Å². The third kappa shape index (κ3) is 4.11. The van der Waals surface area contributed by atoms with Gasteiger partial charge in [-0.05, 0) is 24.6 Å². The van der Waals surface area contributed by atoms with Crippen LogP contribution in [0.3, 0.4) is 0 Å². The number of nitrogens with two attached hydrogens (primary N) is 1. The fraction of sp³-hybridized carbons (Fsp3) is 0.571. The van der Waals surface area contributed by atoms with Crippen LogP contribution in [0.5, 0.6) is 0 Å². The van der Waals surface area contributed by atoms with Crippen molar-refractivity contribution in [3.05, 3.63) is 29.8 Å². The van der Waals surface area contributed by atoms with Crippen molar-refractivity contribution in [2.24, 2.45) is 0 Å². The van der Waals surface area contributed by atoms with Gasteiger partial charge in [0.05, 0.1) is 6.54 Å². The number of nitrogens with zero attached hydrogens (tertiary/aromatic N) is 2. The molecule has 1 atom stereocenters. The van der Waals surface area contributed by atoms with E-state index in [1.807, 2.05) is 24.3 Å². The van der Waals surface area contributed by atoms with Gasteiger partial charge in [-0.3, -0.25) is 9.80 Å². The van der Waals surface area contributed by atoms with E-state index in [2.05, 4.69) is 11.8 Å². The Morgan fingerprint density at radius 2 is 1.85 bits per heavy atom. The Balaban J connectivity index is 1.90. The zero-order chi connectivity index (χ0) is 14.8. The van der Waals surface area contributed by atoms with Crippen molar-refractivity contribution in [3.8, 4) is 0 Å². The molecule has 0 aliphatic carbocycles. The first-order chi connectivity index (χ1) is 9.35. The maximum Gasteiger partial charge on any atom is 0.401 e.